The largest absolute Gasteiger partial charge is 0.455 e. The third-order valence-electron chi connectivity index (χ3n) is 11.4. The Balaban J connectivity index is 1.14. The molecule has 0 aliphatic rings. The normalized spacial score (nSPS) is 11.4. The fourth-order valence-electron chi connectivity index (χ4n) is 8.58. The molecule has 1 heterocycles. The van der Waals surface area contributed by atoms with Gasteiger partial charge in [-0.1, -0.05) is 170 Å². The summed E-state index contributed by atoms with van der Waals surface area (Å²) in [6.45, 7) is 0. The average Bonchev–Trinajstić information content (AvgIpc) is 3.68. The van der Waals surface area contributed by atoms with Crippen molar-refractivity contribution in [1.82, 2.24) is 0 Å². The molecule has 11 rings (SSSR count). The van der Waals surface area contributed by atoms with Crippen molar-refractivity contribution in [2.24, 2.45) is 0 Å². The molecule has 0 saturated carbocycles. The van der Waals surface area contributed by atoms with Crippen molar-refractivity contribution in [2.45, 2.75) is 0 Å². The topological polar surface area (TPSA) is 16.4 Å². The molecule has 10 aromatic carbocycles. The Morgan fingerprint density at radius 3 is 1.78 bits per heavy atom. The van der Waals surface area contributed by atoms with Crippen molar-refractivity contribution in [3.8, 4) is 44.5 Å². The van der Waals surface area contributed by atoms with E-state index in [4.69, 9.17) is 4.42 Å². The molecule has 0 N–H and O–H groups in total. The summed E-state index contributed by atoms with van der Waals surface area (Å²) in [7, 11) is 0. The number of anilines is 3. The van der Waals surface area contributed by atoms with E-state index in [2.05, 4.69) is 229 Å². The van der Waals surface area contributed by atoms with Crippen LogP contribution in [0.3, 0.4) is 0 Å². The first-order chi connectivity index (χ1) is 28.7. The molecule has 272 valence electrons. The summed E-state index contributed by atoms with van der Waals surface area (Å²) in [6.07, 6.45) is 0. The van der Waals surface area contributed by atoms with Gasteiger partial charge in [0.2, 0.25) is 0 Å². The first kappa shape index (κ1) is 33.6. The van der Waals surface area contributed by atoms with Gasteiger partial charge in [0.15, 0.2) is 0 Å². The van der Waals surface area contributed by atoms with Crippen molar-refractivity contribution in [3.63, 3.8) is 0 Å². The van der Waals surface area contributed by atoms with E-state index in [1.54, 1.807) is 0 Å². The SMILES string of the molecule is c1ccc(-c2ccc(N(c3cccc(-c4ccc5ccccc5c4)c3)c3ccccc3-c3ccc4oc5c6ccccc6ccc5c4c3)c(-c3ccccc3)c2)cc1. The number of para-hydroxylation sites is 1. The van der Waals surface area contributed by atoms with Gasteiger partial charge in [-0.3, -0.25) is 0 Å². The van der Waals surface area contributed by atoms with Crippen LogP contribution >= 0.6 is 0 Å². The minimum atomic E-state index is 0.885. The number of hydrogen-bond acceptors (Lipinski definition) is 2. The van der Waals surface area contributed by atoms with Gasteiger partial charge in [0.1, 0.15) is 11.2 Å². The van der Waals surface area contributed by atoms with E-state index in [1.807, 2.05) is 0 Å². The lowest BCUT2D eigenvalue weighted by atomic mass is 9.94. The van der Waals surface area contributed by atoms with Crippen LogP contribution in [0.1, 0.15) is 0 Å². The van der Waals surface area contributed by atoms with Crippen molar-refractivity contribution < 1.29 is 4.42 Å². The maximum atomic E-state index is 6.56. The molecule has 0 spiro atoms. The molecule has 0 radical (unpaired) electrons. The molecular formula is C56H37NO. The Kier molecular flexibility index (Phi) is 8.19. The molecule has 0 aliphatic heterocycles. The van der Waals surface area contributed by atoms with Crippen molar-refractivity contribution in [3.05, 3.63) is 224 Å². The standard InChI is InChI=1S/C56H37NO/c1-3-14-38(15-4-1)45-29-32-54(51(36-45)40-17-5-2-6-18-40)57(47-22-13-21-43(35-47)44-27-26-39-16-7-8-20-42(39)34-44)53-25-12-11-23-48(53)46-30-33-55-52(37-46)50-31-28-41-19-9-10-24-49(41)56(50)58-55/h1-37H. The summed E-state index contributed by atoms with van der Waals surface area (Å²) in [5, 5.41) is 6.99. The smallest absolute Gasteiger partial charge is 0.143 e. The highest BCUT2D eigenvalue weighted by Crippen LogP contribution is 2.47. The lowest BCUT2D eigenvalue weighted by Crippen LogP contribution is -2.12. The minimum absolute atomic E-state index is 0.885. The molecule has 0 saturated heterocycles. The first-order valence-corrected chi connectivity index (χ1v) is 19.8. The number of fused-ring (bicyclic) bond motifs is 6. The summed E-state index contributed by atoms with van der Waals surface area (Å²) in [6, 6.07) is 80.9. The van der Waals surface area contributed by atoms with Crippen LogP contribution in [-0.2, 0) is 0 Å². The van der Waals surface area contributed by atoms with Gasteiger partial charge in [0.25, 0.3) is 0 Å². The number of rotatable bonds is 7. The molecule has 0 bridgehead atoms. The van der Waals surface area contributed by atoms with Gasteiger partial charge in [0, 0.05) is 33.0 Å². The molecule has 0 unspecified atom stereocenters. The highest BCUT2D eigenvalue weighted by Gasteiger charge is 2.22. The van der Waals surface area contributed by atoms with E-state index in [0.717, 1.165) is 72.2 Å². The lowest BCUT2D eigenvalue weighted by Gasteiger charge is -2.30. The molecule has 2 nitrogen and oxygen atoms in total. The Morgan fingerprint density at radius 2 is 0.914 bits per heavy atom. The molecule has 0 atom stereocenters. The van der Waals surface area contributed by atoms with Crippen LogP contribution in [-0.4, -0.2) is 0 Å². The lowest BCUT2D eigenvalue weighted by molar-refractivity contribution is 0.672. The average molecular weight is 740 g/mol. The first-order valence-electron chi connectivity index (χ1n) is 19.8. The molecule has 0 fully saturated rings. The van der Waals surface area contributed by atoms with E-state index < -0.39 is 0 Å². The van der Waals surface area contributed by atoms with Crippen molar-refractivity contribution in [2.75, 3.05) is 4.90 Å². The third kappa shape index (κ3) is 5.91. The molecule has 1 aromatic heterocycles. The van der Waals surface area contributed by atoms with Crippen LogP contribution in [0, 0.1) is 0 Å². The maximum Gasteiger partial charge on any atom is 0.143 e. The van der Waals surface area contributed by atoms with Gasteiger partial charge in [0.05, 0.1) is 11.4 Å². The second kappa shape index (κ2) is 14.1. The predicted octanol–water partition coefficient (Wildman–Crippen LogP) is 16.0. The van der Waals surface area contributed by atoms with E-state index in [1.165, 1.54) is 32.8 Å². The van der Waals surface area contributed by atoms with Crippen LogP contribution in [0.4, 0.5) is 17.1 Å². The Labute approximate surface area is 337 Å². The Bertz CT molecular complexity index is 3290. The Hall–Kier alpha value is -7.68. The third-order valence-corrected chi connectivity index (χ3v) is 11.4. The van der Waals surface area contributed by atoms with Gasteiger partial charge in [-0.2, -0.15) is 0 Å². The molecular weight excluding hydrogens is 703 g/mol. The number of furan rings is 1. The summed E-state index contributed by atoms with van der Waals surface area (Å²) >= 11 is 0. The fourth-order valence-corrected chi connectivity index (χ4v) is 8.58. The second-order valence-electron chi connectivity index (χ2n) is 14.9. The van der Waals surface area contributed by atoms with Crippen LogP contribution in [0.5, 0.6) is 0 Å². The van der Waals surface area contributed by atoms with Gasteiger partial charge >= 0.3 is 0 Å². The van der Waals surface area contributed by atoms with Crippen molar-refractivity contribution in [1.29, 1.82) is 0 Å². The summed E-state index contributed by atoms with van der Waals surface area (Å²) in [5.41, 5.74) is 14.3. The monoisotopic (exact) mass is 739 g/mol. The quantitative estimate of drug-likeness (QED) is 0.162. The zero-order chi connectivity index (χ0) is 38.4. The number of nitrogens with zero attached hydrogens (tertiary/aromatic N) is 1. The van der Waals surface area contributed by atoms with E-state index in [-0.39, 0.29) is 0 Å². The van der Waals surface area contributed by atoms with Gasteiger partial charge < -0.3 is 9.32 Å². The van der Waals surface area contributed by atoms with Crippen molar-refractivity contribution >= 4 is 60.5 Å². The summed E-state index contributed by atoms with van der Waals surface area (Å²) in [5.74, 6) is 0. The van der Waals surface area contributed by atoms with Crippen LogP contribution in [0.2, 0.25) is 0 Å². The van der Waals surface area contributed by atoms with Gasteiger partial charge in [-0.25, -0.2) is 0 Å². The predicted molar refractivity (Wildman–Crippen MR) is 245 cm³/mol. The highest BCUT2D eigenvalue weighted by atomic mass is 16.3. The minimum Gasteiger partial charge on any atom is -0.455 e. The molecule has 11 aromatic rings. The van der Waals surface area contributed by atoms with Crippen LogP contribution in [0.15, 0.2) is 229 Å². The fraction of sp³-hybridized carbons (Fsp3) is 0. The summed E-state index contributed by atoms with van der Waals surface area (Å²) in [4.78, 5) is 2.45. The number of hydrogen-bond donors (Lipinski definition) is 0. The molecule has 0 amide bonds. The van der Waals surface area contributed by atoms with Gasteiger partial charge in [-0.05, 0) is 104 Å². The molecule has 0 aliphatic carbocycles. The van der Waals surface area contributed by atoms with E-state index in [9.17, 15) is 0 Å². The van der Waals surface area contributed by atoms with Crippen LogP contribution < -0.4 is 4.90 Å². The number of benzene rings is 10. The second-order valence-corrected chi connectivity index (χ2v) is 14.9. The summed E-state index contributed by atoms with van der Waals surface area (Å²) < 4.78 is 6.56. The molecule has 58 heavy (non-hydrogen) atoms. The Morgan fingerprint density at radius 1 is 0.293 bits per heavy atom. The maximum absolute atomic E-state index is 6.56. The van der Waals surface area contributed by atoms with E-state index >= 15 is 0 Å². The van der Waals surface area contributed by atoms with Crippen LogP contribution in [0.25, 0.3) is 88.0 Å². The zero-order valence-electron chi connectivity index (χ0n) is 31.7. The van der Waals surface area contributed by atoms with Gasteiger partial charge in [-0.15, -0.1) is 0 Å². The highest BCUT2D eigenvalue weighted by molar-refractivity contribution is 6.15. The zero-order valence-corrected chi connectivity index (χ0v) is 31.7. The van der Waals surface area contributed by atoms with E-state index in [0.29, 0.717) is 0 Å². The molecule has 2 heteroatoms.